The lowest BCUT2D eigenvalue weighted by molar-refractivity contribution is 0.0696. The van der Waals surface area contributed by atoms with Crippen molar-refractivity contribution in [3.63, 3.8) is 0 Å². The highest BCUT2D eigenvalue weighted by atomic mass is 35.5. The molecule has 0 aliphatic heterocycles. The minimum Gasteiger partial charge on any atom is -0.478 e. The second-order valence-electron chi connectivity index (χ2n) is 6.77. The van der Waals surface area contributed by atoms with Crippen LogP contribution < -0.4 is 5.56 Å². The molecule has 144 valence electrons. The smallest absolute Gasteiger partial charge is 0.336 e. The zero-order valence-corrected chi connectivity index (χ0v) is 16.1. The zero-order valence-electron chi connectivity index (χ0n) is 15.4. The molecule has 1 heterocycles. The van der Waals surface area contributed by atoms with Crippen molar-refractivity contribution in [1.82, 2.24) is 9.55 Å². The molecule has 0 aliphatic carbocycles. The van der Waals surface area contributed by atoms with Gasteiger partial charge in [0, 0.05) is 5.02 Å². The molecular weight excluding hydrogens is 388 g/mol. The number of benzene rings is 3. The van der Waals surface area contributed by atoms with Gasteiger partial charge >= 0.3 is 5.97 Å². The SMILES string of the molecule is O=C(O)c1cc(Cl)ccc1Cc1ccc2c(c1)ncc(=O)n2Cc1ccccc1. The quantitative estimate of drug-likeness (QED) is 0.535. The Labute approximate surface area is 171 Å². The van der Waals surface area contributed by atoms with Crippen LogP contribution in [0, 0.1) is 0 Å². The van der Waals surface area contributed by atoms with Crippen LogP contribution in [0.4, 0.5) is 0 Å². The highest BCUT2D eigenvalue weighted by Crippen LogP contribution is 2.21. The molecule has 3 aromatic carbocycles. The summed E-state index contributed by atoms with van der Waals surface area (Å²) >= 11 is 5.94. The van der Waals surface area contributed by atoms with Gasteiger partial charge in [-0.2, -0.15) is 0 Å². The number of carboxylic acid groups (broad SMARTS) is 1. The van der Waals surface area contributed by atoms with Gasteiger partial charge < -0.3 is 9.67 Å². The van der Waals surface area contributed by atoms with Gasteiger partial charge in [0.05, 0.1) is 29.3 Å². The van der Waals surface area contributed by atoms with Gasteiger partial charge in [0.25, 0.3) is 5.56 Å². The van der Waals surface area contributed by atoms with E-state index < -0.39 is 5.97 Å². The van der Waals surface area contributed by atoms with Gasteiger partial charge in [-0.3, -0.25) is 4.79 Å². The average molecular weight is 405 g/mol. The molecule has 0 saturated carbocycles. The van der Waals surface area contributed by atoms with Gasteiger partial charge in [-0.25, -0.2) is 9.78 Å². The first kappa shape index (κ1) is 18.9. The first-order valence-electron chi connectivity index (χ1n) is 9.05. The molecule has 0 saturated heterocycles. The summed E-state index contributed by atoms with van der Waals surface area (Å²) in [6.45, 7) is 0.457. The Kier molecular flexibility index (Phi) is 5.14. The van der Waals surface area contributed by atoms with Crippen LogP contribution in [-0.2, 0) is 13.0 Å². The van der Waals surface area contributed by atoms with Crippen LogP contribution in [0.25, 0.3) is 11.0 Å². The van der Waals surface area contributed by atoms with Crippen molar-refractivity contribution in [3.05, 3.63) is 111 Å². The van der Waals surface area contributed by atoms with E-state index in [2.05, 4.69) is 4.98 Å². The van der Waals surface area contributed by atoms with Gasteiger partial charge in [0.1, 0.15) is 0 Å². The molecule has 0 aliphatic rings. The largest absolute Gasteiger partial charge is 0.478 e. The number of nitrogens with zero attached hydrogens (tertiary/aromatic N) is 2. The van der Waals surface area contributed by atoms with Crippen molar-refractivity contribution in [3.8, 4) is 0 Å². The van der Waals surface area contributed by atoms with E-state index in [9.17, 15) is 14.7 Å². The Morgan fingerprint density at radius 2 is 1.79 bits per heavy atom. The van der Waals surface area contributed by atoms with Crippen LogP contribution in [0.5, 0.6) is 0 Å². The van der Waals surface area contributed by atoms with E-state index in [0.717, 1.165) is 16.6 Å². The maximum atomic E-state index is 12.4. The third kappa shape index (κ3) is 4.05. The molecule has 0 amide bonds. The van der Waals surface area contributed by atoms with Gasteiger partial charge in [0.2, 0.25) is 0 Å². The highest BCUT2D eigenvalue weighted by Gasteiger charge is 2.12. The summed E-state index contributed by atoms with van der Waals surface area (Å²) in [6, 6.07) is 20.3. The fourth-order valence-electron chi connectivity index (χ4n) is 3.37. The fraction of sp³-hybridized carbons (Fsp3) is 0.0870. The van der Waals surface area contributed by atoms with Gasteiger partial charge in [0.15, 0.2) is 0 Å². The predicted octanol–water partition coefficient (Wildman–Crippen LogP) is 4.39. The average Bonchev–Trinajstić information content (AvgIpc) is 2.72. The topological polar surface area (TPSA) is 72.2 Å². The Bertz CT molecular complexity index is 1270. The van der Waals surface area contributed by atoms with Crippen LogP contribution in [0.1, 0.15) is 27.0 Å². The van der Waals surface area contributed by atoms with Gasteiger partial charge in [-0.05, 0) is 47.4 Å². The molecule has 0 unspecified atom stereocenters. The lowest BCUT2D eigenvalue weighted by Gasteiger charge is -2.12. The van der Waals surface area contributed by atoms with Crippen molar-refractivity contribution in [2.24, 2.45) is 0 Å². The standard InChI is InChI=1S/C23H17ClN2O3/c24-18-8-7-17(19(12-18)23(28)29)10-16-6-9-21-20(11-16)25-13-22(27)26(21)14-15-4-2-1-3-5-15/h1-9,11-13H,10,14H2,(H,28,29). The second kappa shape index (κ2) is 7.89. The van der Waals surface area contributed by atoms with Crippen molar-refractivity contribution >= 4 is 28.6 Å². The van der Waals surface area contributed by atoms with Crippen LogP contribution >= 0.6 is 11.6 Å². The Balaban J connectivity index is 1.72. The normalized spacial score (nSPS) is 10.9. The van der Waals surface area contributed by atoms with E-state index in [1.807, 2.05) is 48.5 Å². The summed E-state index contributed by atoms with van der Waals surface area (Å²) in [4.78, 5) is 28.2. The monoisotopic (exact) mass is 404 g/mol. The van der Waals surface area contributed by atoms with Crippen molar-refractivity contribution in [1.29, 1.82) is 0 Å². The minimum atomic E-state index is -1.02. The first-order valence-corrected chi connectivity index (χ1v) is 9.43. The number of fused-ring (bicyclic) bond motifs is 1. The second-order valence-corrected chi connectivity index (χ2v) is 7.21. The van der Waals surface area contributed by atoms with Crippen LogP contribution in [0.15, 0.2) is 77.7 Å². The van der Waals surface area contributed by atoms with Crippen molar-refractivity contribution in [2.45, 2.75) is 13.0 Å². The van der Waals surface area contributed by atoms with Crippen LogP contribution in [-0.4, -0.2) is 20.6 Å². The van der Waals surface area contributed by atoms with E-state index in [1.165, 1.54) is 12.3 Å². The Morgan fingerprint density at radius 3 is 2.55 bits per heavy atom. The van der Waals surface area contributed by atoms with E-state index in [-0.39, 0.29) is 11.1 Å². The van der Waals surface area contributed by atoms with E-state index in [0.29, 0.717) is 29.1 Å². The molecule has 5 nitrogen and oxygen atoms in total. The van der Waals surface area contributed by atoms with E-state index >= 15 is 0 Å². The third-order valence-corrected chi connectivity index (χ3v) is 5.03. The molecule has 6 heteroatoms. The van der Waals surface area contributed by atoms with E-state index in [4.69, 9.17) is 11.6 Å². The Hall–Kier alpha value is -3.44. The summed E-state index contributed by atoms with van der Waals surface area (Å²) in [5.74, 6) is -1.02. The maximum absolute atomic E-state index is 12.4. The molecule has 0 bridgehead atoms. The number of hydrogen-bond donors (Lipinski definition) is 1. The number of rotatable bonds is 5. The van der Waals surface area contributed by atoms with E-state index in [1.54, 1.807) is 16.7 Å². The fourth-order valence-corrected chi connectivity index (χ4v) is 3.55. The van der Waals surface area contributed by atoms with Crippen molar-refractivity contribution in [2.75, 3.05) is 0 Å². The third-order valence-electron chi connectivity index (χ3n) is 4.79. The van der Waals surface area contributed by atoms with Crippen LogP contribution in [0.3, 0.4) is 0 Å². The molecule has 4 rings (SSSR count). The number of aromatic nitrogens is 2. The molecule has 0 spiro atoms. The highest BCUT2D eigenvalue weighted by molar-refractivity contribution is 6.31. The number of carboxylic acids is 1. The summed E-state index contributed by atoms with van der Waals surface area (Å²) in [5.41, 5.74) is 4.03. The van der Waals surface area contributed by atoms with Crippen LogP contribution in [0.2, 0.25) is 5.02 Å². The predicted molar refractivity (Wildman–Crippen MR) is 113 cm³/mol. The number of aromatic carboxylic acids is 1. The lowest BCUT2D eigenvalue weighted by atomic mass is 9.99. The lowest BCUT2D eigenvalue weighted by Crippen LogP contribution is -2.21. The first-order chi connectivity index (χ1) is 14.0. The van der Waals surface area contributed by atoms with Crippen molar-refractivity contribution < 1.29 is 9.90 Å². The Morgan fingerprint density at radius 1 is 1.00 bits per heavy atom. The number of hydrogen-bond acceptors (Lipinski definition) is 3. The summed E-state index contributed by atoms with van der Waals surface area (Å²) < 4.78 is 1.69. The summed E-state index contributed by atoms with van der Waals surface area (Å²) in [7, 11) is 0. The molecule has 0 fully saturated rings. The summed E-state index contributed by atoms with van der Waals surface area (Å²) in [5, 5.41) is 9.82. The maximum Gasteiger partial charge on any atom is 0.336 e. The minimum absolute atomic E-state index is 0.167. The molecule has 0 radical (unpaired) electrons. The number of halogens is 1. The molecule has 1 N–H and O–H groups in total. The number of carbonyl (C=O) groups is 1. The molecule has 4 aromatic rings. The molecular formula is C23H17ClN2O3. The molecule has 0 atom stereocenters. The summed E-state index contributed by atoms with van der Waals surface area (Å²) in [6.07, 6.45) is 1.74. The van der Waals surface area contributed by atoms with Gasteiger partial charge in [-0.15, -0.1) is 0 Å². The molecule has 29 heavy (non-hydrogen) atoms. The molecule has 1 aromatic heterocycles. The van der Waals surface area contributed by atoms with Gasteiger partial charge in [-0.1, -0.05) is 54.1 Å². The zero-order chi connectivity index (χ0) is 20.4.